The Kier molecular flexibility index (Phi) is 4.43. The van der Waals surface area contributed by atoms with Crippen LogP contribution in [0.4, 0.5) is 10.1 Å². The second kappa shape index (κ2) is 6.10. The van der Waals surface area contributed by atoms with Gasteiger partial charge in [0.25, 0.3) is 5.91 Å². The lowest BCUT2D eigenvalue weighted by Crippen LogP contribution is -2.14. The highest BCUT2D eigenvalue weighted by atomic mass is 35.5. The summed E-state index contributed by atoms with van der Waals surface area (Å²) < 4.78 is 18.5. The molecule has 0 aliphatic rings. The van der Waals surface area contributed by atoms with E-state index in [9.17, 15) is 9.18 Å². The summed E-state index contributed by atoms with van der Waals surface area (Å²) in [7, 11) is 1.56. The lowest BCUT2D eigenvalue weighted by Gasteiger charge is -2.14. The highest BCUT2D eigenvalue weighted by Crippen LogP contribution is 2.29. The molecule has 0 aliphatic heterocycles. The molecule has 21 heavy (non-hydrogen) atoms. The first kappa shape index (κ1) is 15.3. The first-order valence-corrected chi connectivity index (χ1v) is 6.58. The van der Waals surface area contributed by atoms with Crippen LogP contribution in [0.3, 0.4) is 0 Å². The molecule has 2 rings (SSSR count). The summed E-state index contributed by atoms with van der Waals surface area (Å²) in [6.07, 6.45) is 0.958. The molecule has 0 unspecified atom stereocenters. The van der Waals surface area contributed by atoms with Gasteiger partial charge in [0.05, 0.1) is 18.9 Å². The largest absolute Gasteiger partial charge is 0.496 e. The zero-order chi connectivity index (χ0) is 15.6. The first-order valence-electron chi connectivity index (χ1n) is 6.20. The van der Waals surface area contributed by atoms with Gasteiger partial charge in [-0.2, -0.15) is 0 Å². The maximum Gasteiger partial charge on any atom is 0.258 e. The van der Waals surface area contributed by atoms with Crippen molar-refractivity contribution in [3.8, 4) is 5.75 Å². The highest BCUT2D eigenvalue weighted by molar-refractivity contribution is 6.33. The monoisotopic (exact) mass is 308 g/mol. The van der Waals surface area contributed by atoms with Gasteiger partial charge < -0.3 is 10.1 Å². The van der Waals surface area contributed by atoms with E-state index in [2.05, 4.69) is 10.3 Å². The van der Waals surface area contributed by atoms with Gasteiger partial charge in [-0.15, -0.1) is 0 Å². The van der Waals surface area contributed by atoms with Crippen LogP contribution < -0.4 is 10.1 Å². The molecule has 0 bridgehead atoms. The van der Waals surface area contributed by atoms with Gasteiger partial charge in [0.15, 0.2) is 0 Å². The van der Waals surface area contributed by atoms with Crippen molar-refractivity contribution in [2.45, 2.75) is 13.8 Å². The molecular formula is C15H14ClFN2O2. The molecule has 4 nitrogen and oxygen atoms in total. The number of rotatable bonds is 3. The number of benzene rings is 1. The molecule has 0 saturated carbocycles. The molecule has 1 amide bonds. The number of hydrogen-bond donors (Lipinski definition) is 1. The number of nitrogens with one attached hydrogen (secondary N) is 1. The van der Waals surface area contributed by atoms with Crippen LogP contribution in [0.5, 0.6) is 5.75 Å². The number of carbonyl (C=O) groups is 1. The average Bonchev–Trinajstić information content (AvgIpc) is 2.45. The predicted octanol–water partition coefficient (Wildman–Crippen LogP) is 3.75. The van der Waals surface area contributed by atoms with Crippen LogP contribution in [-0.2, 0) is 0 Å². The number of amides is 1. The summed E-state index contributed by atoms with van der Waals surface area (Å²) in [6.45, 7) is 3.73. The van der Waals surface area contributed by atoms with Crippen molar-refractivity contribution >= 4 is 23.2 Å². The Hall–Kier alpha value is -2.14. The summed E-state index contributed by atoms with van der Waals surface area (Å²) in [5.74, 6) is -0.458. The van der Waals surface area contributed by atoms with Crippen LogP contribution in [-0.4, -0.2) is 18.0 Å². The van der Waals surface area contributed by atoms with E-state index in [-0.39, 0.29) is 10.7 Å². The molecule has 1 N–H and O–H groups in total. The van der Waals surface area contributed by atoms with E-state index in [4.69, 9.17) is 16.3 Å². The maximum absolute atomic E-state index is 13.2. The van der Waals surface area contributed by atoms with E-state index in [1.165, 1.54) is 0 Å². The summed E-state index contributed by atoms with van der Waals surface area (Å²) in [6, 6.07) is 4.63. The van der Waals surface area contributed by atoms with Crippen molar-refractivity contribution < 1.29 is 13.9 Å². The number of pyridine rings is 1. The van der Waals surface area contributed by atoms with Crippen molar-refractivity contribution in [2.24, 2.45) is 0 Å². The molecule has 0 saturated heterocycles. The number of aromatic nitrogens is 1. The normalized spacial score (nSPS) is 10.3. The van der Waals surface area contributed by atoms with Gasteiger partial charge in [0, 0.05) is 11.3 Å². The van der Waals surface area contributed by atoms with Crippen LogP contribution in [0.1, 0.15) is 21.5 Å². The van der Waals surface area contributed by atoms with E-state index in [1.54, 1.807) is 13.2 Å². The van der Waals surface area contributed by atoms with Crippen LogP contribution in [0.15, 0.2) is 24.4 Å². The van der Waals surface area contributed by atoms with E-state index in [1.807, 2.05) is 19.9 Å². The van der Waals surface area contributed by atoms with Crippen molar-refractivity contribution in [3.63, 3.8) is 0 Å². The molecule has 0 atom stereocenters. The molecule has 0 spiro atoms. The molecule has 1 aromatic heterocycles. The zero-order valence-electron chi connectivity index (χ0n) is 11.8. The maximum atomic E-state index is 13.2. The number of hydrogen-bond acceptors (Lipinski definition) is 3. The standard InChI is InChI=1S/C15H14ClFN2O2/c1-8-4-5-12(9(2)13(8)21-3)19-15(20)11-6-10(17)7-18-14(11)16/h4-7H,1-3H3,(H,19,20). The van der Waals surface area contributed by atoms with Gasteiger partial charge in [-0.05, 0) is 31.5 Å². The molecule has 2 aromatic rings. The van der Waals surface area contributed by atoms with Gasteiger partial charge in [0.1, 0.15) is 16.7 Å². The van der Waals surface area contributed by atoms with Gasteiger partial charge in [0.2, 0.25) is 0 Å². The van der Waals surface area contributed by atoms with E-state index in [0.29, 0.717) is 11.4 Å². The van der Waals surface area contributed by atoms with Gasteiger partial charge in [-0.1, -0.05) is 17.7 Å². The number of aryl methyl sites for hydroxylation is 1. The molecular weight excluding hydrogens is 295 g/mol. The quantitative estimate of drug-likeness (QED) is 0.879. The van der Waals surface area contributed by atoms with Crippen molar-refractivity contribution in [3.05, 3.63) is 52.1 Å². The number of anilines is 1. The Balaban J connectivity index is 2.34. The Labute approximate surface area is 126 Å². The third-order valence-electron chi connectivity index (χ3n) is 3.11. The van der Waals surface area contributed by atoms with E-state index < -0.39 is 11.7 Å². The highest BCUT2D eigenvalue weighted by Gasteiger charge is 2.15. The zero-order valence-corrected chi connectivity index (χ0v) is 12.6. The second-order valence-electron chi connectivity index (χ2n) is 4.53. The molecule has 1 aromatic carbocycles. The fourth-order valence-corrected chi connectivity index (χ4v) is 2.24. The number of ether oxygens (including phenoxy) is 1. The lowest BCUT2D eigenvalue weighted by atomic mass is 10.1. The Bertz CT molecular complexity index is 704. The van der Waals surface area contributed by atoms with Crippen molar-refractivity contribution in [1.82, 2.24) is 4.98 Å². The summed E-state index contributed by atoms with van der Waals surface area (Å²) >= 11 is 5.82. The van der Waals surface area contributed by atoms with Gasteiger partial charge in [-0.3, -0.25) is 4.79 Å². The van der Waals surface area contributed by atoms with Gasteiger partial charge in [-0.25, -0.2) is 9.37 Å². The summed E-state index contributed by atoms with van der Waals surface area (Å²) in [5, 5.41) is 2.64. The van der Waals surface area contributed by atoms with E-state index in [0.717, 1.165) is 23.4 Å². The van der Waals surface area contributed by atoms with Crippen molar-refractivity contribution in [1.29, 1.82) is 0 Å². The Morgan fingerprint density at radius 3 is 2.76 bits per heavy atom. The lowest BCUT2D eigenvalue weighted by molar-refractivity contribution is 0.102. The minimum absolute atomic E-state index is 0.0180. The second-order valence-corrected chi connectivity index (χ2v) is 4.89. The summed E-state index contributed by atoms with van der Waals surface area (Å²) in [5.41, 5.74) is 2.29. The first-order chi connectivity index (χ1) is 9.93. The molecule has 0 aliphatic carbocycles. The van der Waals surface area contributed by atoms with Crippen LogP contribution >= 0.6 is 11.6 Å². The Morgan fingerprint density at radius 1 is 1.38 bits per heavy atom. The molecule has 1 heterocycles. The van der Waals surface area contributed by atoms with Gasteiger partial charge >= 0.3 is 0 Å². The summed E-state index contributed by atoms with van der Waals surface area (Å²) in [4.78, 5) is 15.8. The average molecular weight is 309 g/mol. The number of carbonyl (C=O) groups excluding carboxylic acids is 1. The molecule has 0 fully saturated rings. The molecule has 110 valence electrons. The number of halogens is 2. The Morgan fingerprint density at radius 2 is 2.10 bits per heavy atom. The minimum Gasteiger partial charge on any atom is -0.496 e. The number of methoxy groups -OCH3 is 1. The molecule has 6 heteroatoms. The van der Waals surface area contributed by atoms with E-state index >= 15 is 0 Å². The van der Waals surface area contributed by atoms with Crippen LogP contribution in [0.2, 0.25) is 5.15 Å². The topological polar surface area (TPSA) is 51.2 Å². The third kappa shape index (κ3) is 3.13. The van der Waals surface area contributed by atoms with Crippen molar-refractivity contribution in [2.75, 3.05) is 12.4 Å². The fraction of sp³-hybridized carbons (Fsp3) is 0.200. The molecule has 0 radical (unpaired) electrons. The third-order valence-corrected chi connectivity index (χ3v) is 3.41. The fourth-order valence-electron chi connectivity index (χ4n) is 2.05. The smallest absolute Gasteiger partial charge is 0.258 e. The SMILES string of the molecule is COc1c(C)ccc(NC(=O)c2cc(F)cnc2Cl)c1C. The minimum atomic E-state index is -0.622. The van der Waals surface area contributed by atoms with Crippen LogP contribution in [0, 0.1) is 19.7 Å². The van der Waals surface area contributed by atoms with Crippen LogP contribution in [0.25, 0.3) is 0 Å². The number of nitrogens with zero attached hydrogens (tertiary/aromatic N) is 1. The predicted molar refractivity (Wildman–Crippen MR) is 79.6 cm³/mol.